The summed E-state index contributed by atoms with van der Waals surface area (Å²) in [6, 6.07) is 1.64. The van der Waals surface area contributed by atoms with Crippen molar-refractivity contribution < 1.29 is 14.3 Å². The van der Waals surface area contributed by atoms with E-state index in [1.54, 1.807) is 35.8 Å². The molecular weight excluding hydrogens is 234 g/mol. The highest BCUT2D eigenvalue weighted by Crippen LogP contribution is 2.11. The summed E-state index contributed by atoms with van der Waals surface area (Å²) < 4.78 is 6.23. The molecule has 0 bridgehead atoms. The van der Waals surface area contributed by atoms with Crippen LogP contribution in [0.3, 0.4) is 0 Å². The largest absolute Gasteiger partial charge is 0.469 e. The van der Waals surface area contributed by atoms with Crippen molar-refractivity contribution >= 4 is 17.6 Å². The van der Waals surface area contributed by atoms with E-state index in [-0.39, 0.29) is 11.9 Å². The lowest BCUT2D eigenvalue weighted by Gasteiger charge is -2.16. The average Bonchev–Trinajstić information content (AvgIpc) is 2.67. The molecule has 0 radical (unpaired) electrons. The van der Waals surface area contributed by atoms with Gasteiger partial charge in [0.2, 0.25) is 0 Å². The molecule has 0 spiro atoms. The first kappa shape index (κ1) is 14.1. The van der Waals surface area contributed by atoms with E-state index in [1.807, 2.05) is 0 Å². The maximum atomic E-state index is 12.1. The van der Waals surface area contributed by atoms with Crippen molar-refractivity contribution in [2.75, 3.05) is 26.4 Å². The van der Waals surface area contributed by atoms with E-state index in [0.29, 0.717) is 30.8 Å². The molecule has 6 nitrogen and oxygen atoms in total. The summed E-state index contributed by atoms with van der Waals surface area (Å²) >= 11 is 0. The number of anilines is 1. The molecule has 1 rings (SSSR count). The van der Waals surface area contributed by atoms with Gasteiger partial charge in [0, 0.05) is 33.3 Å². The second kappa shape index (κ2) is 6.09. The van der Waals surface area contributed by atoms with Crippen LogP contribution in [0.15, 0.2) is 12.3 Å². The number of nitrogen functional groups attached to an aromatic ring is 1. The maximum absolute atomic E-state index is 12.1. The third-order valence-corrected chi connectivity index (χ3v) is 2.69. The molecule has 1 aromatic rings. The van der Waals surface area contributed by atoms with Gasteiger partial charge in [-0.15, -0.1) is 0 Å². The zero-order chi connectivity index (χ0) is 13.7. The third kappa shape index (κ3) is 3.51. The van der Waals surface area contributed by atoms with Crippen molar-refractivity contribution in [2.45, 2.75) is 12.8 Å². The van der Waals surface area contributed by atoms with Crippen molar-refractivity contribution in [1.82, 2.24) is 9.47 Å². The second-order valence-corrected chi connectivity index (χ2v) is 4.18. The molecule has 0 saturated carbocycles. The van der Waals surface area contributed by atoms with Crippen LogP contribution < -0.4 is 5.73 Å². The van der Waals surface area contributed by atoms with E-state index >= 15 is 0 Å². The van der Waals surface area contributed by atoms with Gasteiger partial charge < -0.3 is 19.9 Å². The molecule has 0 saturated heterocycles. The first-order valence-electron chi connectivity index (χ1n) is 5.69. The highest BCUT2D eigenvalue weighted by atomic mass is 16.5. The Morgan fingerprint density at radius 2 is 2.17 bits per heavy atom. The smallest absolute Gasteiger partial charge is 0.305 e. The fraction of sp³-hybridized carbons (Fsp3) is 0.500. The quantitative estimate of drug-likeness (QED) is 0.781. The van der Waals surface area contributed by atoms with Gasteiger partial charge >= 0.3 is 5.97 Å². The van der Waals surface area contributed by atoms with Crippen LogP contribution in [0.25, 0.3) is 0 Å². The molecule has 0 aromatic carbocycles. The first-order chi connectivity index (χ1) is 8.45. The van der Waals surface area contributed by atoms with Crippen LogP contribution in [0.5, 0.6) is 0 Å². The molecule has 0 atom stereocenters. The molecule has 1 aromatic heterocycles. The van der Waals surface area contributed by atoms with Crippen molar-refractivity contribution in [2.24, 2.45) is 7.05 Å². The van der Waals surface area contributed by atoms with Crippen LogP contribution in [0.1, 0.15) is 23.3 Å². The Kier molecular flexibility index (Phi) is 4.76. The van der Waals surface area contributed by atoms with Crippen LogP contribution in [0.4, 0.5) is 5.69 Å². The lowest BCUT2D eigenvalue weighted by molar-refractivity contribution is -0.140. The zero-order valence-electron chi connectivity index (χ0n) is 11.0. The van der Waals surface area contributed by atoms with E-state index in [4.69, 9.17) is 5.73 Å². The normalized spacial score (nSPS) is 10.2. The molecule has 1 heterocycles. The predicted octanol–water partition coefficient (Wildman–Crippen LogP) is 0.632. The van der Waals surface area contributed by atoms with Gasteiger partial charge in [-0.05, 0) is 12.5 Å². The number of amides is 1. The monoisotopic (exact) mass is 253 g/mol. The zero-order valence-corrected chi connectivity index (χ0v) is 11.0. The van der Waals surface area contributed by atoms with Gasteiger partial charge in [-0.25, -0.2) is 0 Å². The molecule has 1 amide bonds. The van der Waals surface area contributed by atoms with Crippen LogP contribution in [-0.4, -0.2) is 42.0 Å². The Hall–Kier alpha value is -1.98. The third-order valence-electron chi connectivity index (χ3n) is 2.69. The standard InChI is InChI=1S/C12H19N3O3/c1-14(6-4-5-11(16)18-3)12(17)10-7-9(13)8-15(10)2/h7-8H,4-6,13H2,1-3H3. The number of carbonyl (C=O) groups is 2. The van der Waals surface area contributed by atoms with E-state index in [9.17, 15) is 9.59 Å². The molecule has 0 aliphatic heterocycles. The number of hydrogen-bond donors (Lipinski definition) is 1. The fourth-order valence-electron chi connectivity index (χ4n) is 1.66. The van der Waals surface area contributed by atoms with Crippen LogP contribution in [0, 0.1) is 0 Å². The van der Waals surface area contributed by atoms with Crippen molar-refractivity contribution in [3.05, 3.63) is 18.0 Å². The number of aryl methyl sites for hydroxylation is 1. The van der Waals surface area contributed by atoms with Gasteiger partial charge in [-0.3, -0.25) is 9.59 Å². The minimum absolute atomic E-state index is 0.112. The summed E-state index contributed by atoms with van der Waals surface area (Å²) in [4.78, 5) is 24.6. The summed E-state index contributed by atoms with van der Waals surface area (Å²) in [5.74, 6) is -0.377. The summed E-state index contributed by atoms with van der Waals surface area (Å²) in [5.41, 5.74) is 6.72. The number of methoxy groups -OCH3 is 1. The highest BCUT2D eigenvalue weighted by molar-refractivity contribution is 5.93. The average molecular weight is 253 g/mol. The number of ether oxygens (including phenoxy) is 1. The number of aromatic nitrogens is 1. The molecule has 6 heteroatoms. The first-order valence-corrected chi connectivity index (χ1v) is 5.69. The molecule has 18 heavy (non-hydrogen) atoms. The van der Waals surface area contributed by atoms with Gasteiger partial charge in [0.25, 0.3) is 5.91 Å². The minimum Gasteiger partial charge on any atom is -0.469 e. The summed E-state index contributed by atoms with van der Waals surface area (Å²) in [6.07, 6.45) is 2.58. The molecule has 0 fully saturated rings. The van der Waals surface area contributed by atoms with Gasteiger partial charge in [0.1, 0.15) is 5.69 Å². The Balaban J connectivity index is 2.51. The molecule has 0 unspecified atom stereocenters. The minimum atomic E-state index is -0.265. The Labute approximate surface area is 106 Å². The Bertz CT molecular complexity index is 440. The SMILES string of the molecule is COC(=O)CCCN(C)C(=O)c1cc(N)cn1C. The van der Waals surface area contributed by atoms with Gasteiger partial charge in [0.15, 0.2) is 0 Å². The lowest BCUT2D eigenvalue weighted by atomic mass is 10.3. The highest BCUT2D eigenvalue weighted by Gasteiger charge is 2.15. The number of nitrogens with two attached hydrogens (primary N) is 1. The van der Waals surface area contributed by atoms with Crippen molar-refractivity contribution in [1.29, 1.82) is 0 Å². The maximum Gasteiger partial charge on any atom is 0.305 e. The van der Waals surface area contributed by atoms with Crippen molar-refractivity contribution in [3.8, 4) is 0 Å². The Morgan fingerprint density at radius 1 is 1.50 bits per heavy atom. The molecule has 100 valence electrons. The molecule has 2 N–H and O–H groups in total. The van der Waals surface area contributed by atoms with Gasteiger partial charge in [-0.1, -0.05) is 0 Å². The summed E-state index contributed by atoms with van der Waals surface area (Å²) in [5, 5.41) is 0. The lowest BCUT2D eigenvalue weighted by Crippen LogP contribution is -2.29. The summed E-state index contributed by atoms with van der Waals surface area (Å²) in [7, 11) is 4.82. The van der Waals surface area contributed by atoms with E-state index in [2.05, 4.69) is 4.74 Å². The number of nitrogens with zero attached hydrogens (tertiary/aromatic N) is 2. The van der Waals surface area contributed by atoms with Crippen molar-refractivity contribution in [3.63, 3.8) is 0 Å². The number of rotatable bonds is 5. The topological polar surface area (TPSA) is 77.6 Å². The Morgan fingerprint density at radius 3 is 2.67 bits per heavy atom. The summed E-state index contributed by atoms with van der Waals surface area (Å²) in [6.45, 7) is 0.499. The molecule has 0 aliphatic carbocycles. The van der Waals surface area contributed by atoms with E-state index < -0.39 is 0 Å². The van der Waals surface area contributed by atoms with Gasteiger partial charge in [0.05, 0.1) is 12.8 Å². The fourth-order valence-corrected chi connectivity index (χ4v) is 1.66. The number of hydrogen-bond acceptors (Lipinski definition) is 4. The predicted molar refractivity (Wildman–Crippen MR) is 68.0 cm³/mol. The van der Waals surface area contributed by atoms with Crippen LogP contribution >= 0.6 is 0 Å². The van der Waals surface area contributed by atoms with Crippen LogP contribution in [0.2, 0.25) is 0 Å². The number of carbonyl (C=O) groups excluding carboxylic acids is 2. The second-order valence-electron chi connectivity index (χ2n) is 4.18. The number of esters is 1. The van der Waals surface area contributed by atoms with E-state index in [0.717, 1.165) is 0 Å². The molecule has 0 aliphatic rings. The molecular formula is C12H19N3O3. The van der Waals surface area contributed by atoms with E-state index in [1.165, 1.54) is 7.11 Å². The van der Waals surface area contributed by atoms with Gasteiger partial charge in [-0.2, -0.15) is 0 Å². The van der Waals surface area contributed by atoms with Crippen LogP contribution in [-0.2, 0) is 16.6 Å².